The third-order valence-electron chi connectivity index (χ3n) is 3.15. The van der Waals surface area contributed by atoms with Gasteiger partial charge in [0.15, 0.2) is 5.96 Å². The van der Waals surface area contributed by atoms with Crippen LogP contribution in [0.4, 0.5) is 0 Å². The van der Waals surface area contributed by atoms with Crippen molar-refractivity contribution < 1.29 is 4.74 Å². The maximum Gasteiger partial charge on any atom is 0.189 e. The number of nitrogens with one attached hydrogen (secondary N) is 1. The monoisotopic (exact) mass is 457 g/mol. The number of hydrogen-bond donors (Lipinski definition) is 2. The van der Waals surface area contributed by atoms with E-state index in [0.717, 1.165) is 5.56 Å². The Morgan fingerprint density at radius 2 is 1.75 bits per heavy atom. The minimum Gasteiger partial charge on any atom is -0.383 e. The van der Waals surface area contributed by atoms with E-state index < -0.39 is 0 Å². The summed E-state index contributed by atoms with van der Waals surface area (Å²) in [4.78, 5) is 6.80. The normalized spacial score (nSPS) is 12.3. The minimum absolute atomic E-state index is 0. The second-order valence-corrected chi connectivity index (χ2v) is 6.41. The van der Waals surface area contributed by atoms with Crippen molar-refractivity contribution in [2.24, 2.45) is 10.7 Å². The molecule has 0 saturated heterocycles. The number of benzene rings is 2. The van der Waals surface area contributed by atoms with Crippen molar-refractivity contribution in [3.05, 3.63) is 60.2 Å². The Morgan fingerprint density at radius 3 is 2.38 bits per heavy atom. The largest absolute Gasteiger partial charge is 0.383 e. The van der Waals surface area contributed by atoms with Crippen molar-refractivity contribution >= 4 is 41.7 Å². The SMILES string of the molecule is COCC(C)NC(N)=NCc1ccc(Sc2ccccc2)cc1.I. The molecule has 24 heavy (non-hydrogen) atoms. The van der Waals surface area contributed by atoms with Gasteiger partial charge in [0.2, 0.25) is 0 Å². The molecular formula is C18H24IN3OS. The highest BCUT2D eigenvalue weighted by Crippen LogP contribution is 2.27. The Morgan fingerprint density at radius 1 is 1.12 bits per heavy atom. The number of guanidine groups is 1. The van der Waals surface area contributed by atoms with E-state index in [0.29, 0.717) is 19.1 Å². The molecule has 0 spiro atoms. The molecule has 0 heterocycles. The van der Waals surface area contributed by atoms with Gasteiger partial charge in [0.25, 0.3) is 0 Å². The van der Waals surface area contributed by atoms with Crippen LogP contribution in [0.2, 0.25) is 0 Å². The number of aliphatic imine (C=N–C) groups is 1. The molecule has 3 N–H and O–H groups in total. The first-order valence-corrected chi connectivity index (χ1v) is 8.36. The van der Waals surface area contributed by atoms with Gasteiger partial charge >= 0.3 is 0 Å². The van der Waals surface area contributed by atoms with Crippen LogP contribution in [-0.2, 0) is 11.3 Å². The zero-order valence-corrected chi connectivity index (χ0v) is 17.1. The fourth-order valence-corrected chi connectivity index (χ4v) is 2.89. The maximum atomic E-state index is 5.86. The van der Waals surface area contributed by atoms with Crippen molar-refractivity contribution in [1.82, 2.24) is 5.32 Å². The summed E-state index contributed by atoms with van der Waals surface area (Å²) in [6, 6.07) is 18.9. The molecule has 2 aromatic rings. The van der Waals surface area contributed by atoms with Gasteiger partial charge in [-0.15, -0.1) is 24.0 Å². The zero-order valence-electron chi connectivity index (χ0n) is 13.9. The number of methoxy groups -OCH3 is 1. The van der Waals surface area contributed by atoms with E-state index in [-0.39, 0.29) is 30.0 Å². The fraction of sp³-hybridized carbons (Fsp3) is 0.278. The van der Waals surface area contributed by atoms with Crippen molar-refractivity contribution in [1.29, 1.82) is 0 Å². The number of halogens is 1. The summed E-state index contributed by atoms with van der Waals surface area (Å²) in [5.74, 6) is 0.442. The Bertz CT molecular complexity index is 620. The van der Waals surface area contributed by atoms with Gasteiger partial charge in [-0.1, -0.05) is 42.1 Å². The summed E-state index contributed by atoms with van der Waals surface area (Å²) in [6.07, 6.45) is 0. The molecule has 0 aliphatic carbocycles. The van der Waals surface area contributed by atoms with Crippen LogP contribution in [-0.4, -0.2) is 25.7 Å². The first-order valence-electron chi connectivity index (χ1n) is 7.54. The number of nitrogens with zero attached hydrogens (tertiary/aromatic N) is 1. The Kier molecular flexibility index (Phi) is 9.82. The van der Waals surface area contributed by atoms with Gasteiger partial charge in [-0.25, -0.2) is 4.99 Å². The lowest BCUT2D eigenvalue weighted by molar-refractivity contribution is 0.179. The Labute approximate surface area is 165 Å². The summed E-state index contributed by atoms with van der Waals surface area (Å²) >= 11 is 1.75. The van der Waals surface area contributed by atoms with Gasteiger partial charge in [-0.2, -0.15) is 0 Å². The average Bonchev–Trinajstić information content (AvgIpc) is 2.55. The van der Waals surface area contributed by atoms with Gasteiger partial charge in [0.05, 0.1) is 13.2 Å². The van der Waals surface area contributed by atoms with Crippen LogP contribution in [0.25, 0.3) is 0 Å². The predicted octanol–water partition coefficient (Wildman–Crippen LogP) is 3.90. The van der Waals surface area contributed by atoms with E-state index in [4.69, 9.17) is 10.5 Å². The quantitative estimate of drug-likeness (QED) is 0.376. The molecule has 0 aliphatic rings. The molecule has 0 aliphatic heterocycles. The molecule has 0 bridgehead atoms. The lowest BCUT2D eigenvalue weighted by atomic mass is 10.2. The number of hydrogen-bond acceptors (Lipinski definition) is 3. The van der Waals surface area contributed by atoms with Crippen LogP contribution >= 0.6 is 35.7 Å². The van der Waals surface area contributed by atoms with Gasteiger partial charge in [-0.3, -0.25) is 0 Å². The van der Waals surface area contributed by atoms with Gasteiger partial charge in [0.1, 0.15) is 0 Å². The Hall–Kier alpha value is -1.25. The number of nitrogens with two attached hydrogens (primary N) is 1. The predicted molar refractivity (Wildman–Crippen MR) is 112 cm³/mol. The molecule has 2 rings (SSSR count). The second-order valence-electron chi connectivity index (χ2n) is 5.26. The van der Waals surface area contributed by atoms with Crippen LogP contribution in [0.1, 0.15) is 12.5 Å². The standard InChI is InChI=1S/C18H23N3OS.HI/c1-14(13-22-2)21-18(19)20-12-15-8-10-17(11-9-15)23-16-6-4-3-5-7-16;/h3-11,14H,12-13H2,1-2H3,(H3,19,20,21);1H. The van der Waals surface area contributed by atoms with E-state index in [1.165, 1.54) is 9.79 Å². The molecule has 0 amide bonds. The van der Waals surface area contributed by atoms with Crippen LogP contribution in [0.5, 0.6) is 0 Å². The molecule has 2 aromatic carbocycles. The number of ether oxygens (including phenoxy) is 1. The van der Waals surface area contributed by atoms with Crippen LogP contribution < -0.4 is 11.1 Å². The van der Waals surface area contributed by atoms with Gasteiger partial charge < -0.3 is 15.8 Å². The molecule has 1 unspecified atom stereocenters. The van der Waals surface area contributed by atoms with E-state index in [9.17, 15) is 0 Å². The molecule has 0 aromatic heterocycles. The maximum absolute atomic E-state index is 5.86. The molecule has 4 nitrogen and oxygen atoms in total. The summed E-state index contributed by atoms with van der Waals surface area (Å²) in [5, 5.41) is 3.09. The van der Waals surface area contributed by atoms with Crippen molar-refractivity contribution in [3.8, 4) is 0 Å². The molecule has 1 atom stereocenters. The lowest BCUT2D eigenvalue weighted by Crippen LogP contribution is -2.40. The van der Waals surface area contributed by atoms with Crippen molar-refractivity contribution in [2.45, 2.75) is 29.3 Å². The summed E-state index contributed by atoms with van der Waals surface area (Å²) < 4.78 is 5.05. The lowest BCUT2D eigenvalue weighted by Gasteiger charge is -2.13. The zero-order chi connectivity index (χ0) is 16.5. The Balaban J connectivity index is 0.00000288. The highest BCUT2D eigenvalue weighted by Gasteiger charge is 2.02. The first kappa shape index (κ1) is 20.8. The molecule has 0 saturated carbocycles. The fourth-order valence-electron chi connectivity index (χ4n) is 2.05. The van der Waals surface area contributed by atoms with E-state index in [2.05, 4.69) is 46.7 Å². The first-order chi connectivity index (χ1) is 11.2. The van der Waals surface area contributed by atoms with Gasteiger partial charge in [0, 0.05) is 22.9 Å². The highest BCUT2D eigenvalue weighted by molar-refractivity contribution is 14.0. The molecule has 0 fully saturated rings. The van der Waals surface area contributed by atoms with E-state index in [1.807, 2.05) is 25.1 Å². The molecular weight excluding hydrogens is 433 g/mol. The van der Waals surface area contributed by atoms with Gasteiger partial charge in [-0.05, 0) is 36.8 Å². The molecule has 130 valence electrons. The third kappa shape index (κ3) is 7.55. The summed E-state index contributed by atoms with van der Waals surface area (Å²) in [6.45, 7) is 3.16. The average molecular weight is 457 g/mol. The van der Waals surface area contributed by atoms with Crippen LogP contribution in [0, 0.1) is 0 Å². The highest BCUT2D eigenvalue weighted by atomic mass is 127. The summed E-state index contributed by atoms with van der Waals surface area (Å²) in [5.41, 5.74) is 7.00. The van der Waals surface area contributed by atoms with Crippen molar-refractivity contribution in [3.63, 3.8) is 0 Å². The van der Waals surface area contributed by atoms with Crippen LogP contribution in [0.15, 0.2) is 69.4 Å². The molecule has 0 radical (unpaired) electrons. The van der Waals surface area contributed by atoms with Crippen molar-refractivity contribution in [2.75, 3.05) is 13.7 Å². The molecule has 6 heteroatoms. The minimum atomic E-state index is 0. The topological polar surface area (TPSA) is 59.6 Å². The van der Waals surface area contributed by atoms with E-state index in [1.54, 1.807) is 18.9 Å². The van der Waals surface area contributed by atoms with Crippen LogP contribution in [0.3, 0.4) is 0 Å². The number of rotatable bonds is 7. The third-order valence-corrected chi connectivity index (χ3v) is 4.16. The second kappa shape index (κ2) is 11.3. The summed E-state index contributed by atoms with van der Waals surface area (Å²) in [7, 11) is 1.67. The smallest absolute Gasteiger partial charge is 0.189 e. The van der Waals surface area contributed by atoms with E-state index >= 15 is 0 Å².